The molecule has 0 radical (unpaired) electrons. The summed E-state index contributed by atoms with van der Waals surface area (Å²) in [6.45, 7) is 16.2. The summed E-state index contributed by atoms with van der Waals surface area (Å²) in [6, 6.07) is 40.3. The van der Waals surface area contributed by atoms with Crippen molar-refractivity contribution in [1.29, 1.82) is 0 Å². The van der Waals surface area contributed by atoms with Gasteiger partial charge in [-0.1, -0.05) is 126 Å². The Balaban J connectivity index is 1.78. The molecule has 200 valence electrons. The molecule has 6 aromatic rings. The molecule has 40 heavy (non-hydrogen) atoms. The first kappa shape index (κ1) is 26.1. The summed E-state index contributed by atoms with van der Waals surface area (Å²) in [5.74, 6) is 0. The molecule has 5 aromatic carbocycles. The Kier molecular flexibility index (Phi) is 6.22. The third kappa shape index (κ3) is 4.44. The molecule has 0 unspecified atom stereocenters. The maximum absolute atomic E-state index is 2.50. The molecular weight excluding hydrogens is 482 g/mol. The Morgan fingerprint density at radius 2 is 1.00 bits per heavy atom. The molecule has 0 saturated carbocycles. The lowest BCUT2D eigenvalue weighted by Gasteiger charge is -2.26. The topological polar surface area (TPSA) is 4.93 Å². The molecule has 0 N–H and O–H groups in total. The van der Waals surface area contributed by atoms with E-state index in [1.54, 1.807) is 0 Å². The van der Waals surface area contributed by atoms with Crippen LogP contribution in [0.1, 0.15) is 58.2 Å². The van der Waals surface area contributed by atoms with Crippen LogP contribution in [-0.4, -0.2) is 4.57 Å². The Labute approximate surface area is 239 Å². The van der Waals surface area contributed by atoms with Gasteiger partial charge in [0, 0.05) is 16.5 Å². The fraction of sp³-hybridized carbons (Fsp3) is 0.231. The van der Waals surface area contributed by atoms with E-state index >= 15 is 0 Å². The second-order valence-corrected chi connectivity index (χ2v) is 13.2. The van der Waals surface area contributed by atoms with Gasteiger partial charge in [-0.2, -0.15) is 0 Å². The summed E-state index contributed by atoms with van der Waals surface area (Å²) in [5, 5.41) is 2.65. The average Bonchev–Trinajstić information content (AvgIpc) is 3.28. The van der Waals surface area contributed by atoms with E-state index in [-0.39, 0.29) is 10.8 Å². The van der Waals surface area contributed by atoms with Crippen molar-refractivity contribution in [3.8, 4) is 27.9 Å². The Hall–Kier alpha value is -4.10. The predicted molar refractivity (Wildman–Crippen MR) is 174 cm³/mol. The molecule has 1 aromatic heterocycles. The first-order valence-electron chi connectivity index (χ1n) is 14.4. The summed E-state index contributed by atoms with van der Waals surface area (Å²) >= 11 is 0. The number of rotatable bonds is 3. The van der Waals surface area contributed by atoms with Crippen LogP contribution in [0.4, 0.5) is 0 Å². The van der Waals surface area contributed by atoms with E-state index in [2.05, 4.69) is 162 Å². The number of aryl methyl sites for hydroxylation is 1. The fourth-order valence-electron chi connectivity index (χ4n) is 5.99. The van der Waals surface area contributed by atoms with Crippen LogP contribution in [0.5, 0.6) is 0 Å². The van der Waals surface area contributed by atoms with Gasteiger partial charge in [0.1, 0.15) is 0 Å². The number of nitrogens with zero attached hydrogens (tertiary/aromatic N) is 1. The number of hydrogen-bond donors (Lipinski definition) is 0. The number of fused-ring (bicyclic) bond motifs is 3. The molecule has 1 heteroatoms. The van der Waals surface area contributed by atoms with Gasteiger partial charge in [-0.25, -0.2) is 0 Å². The van der Waals surface area contributed by atoms with E-state index < -0.39 is 0 Å². The molecule has 0 aliphatic carbocycles. The van der Waals surface area contributed by atoms with Gasteiger partial charge in [-0.3, -0.25) is 0 Å². The molecular formula is C39H39N. The zero-order valence-electron chi connectivity index (χ0n) is 24.8. The zero-order chi connectivity index (χ0) is 28.2. The van der Waals surface area contributed by atoms with Crippen molar-refractivity contribution in [3.05, 3.63) is 126 Å². The zero-order valence-corrected chi connectivity index (χ0v) is 24.8. The summed E-state index contributed by atoms with van der Waals surface area (Å²) in [7, 11) is 0. The van der Waals surface area contributed by atoms with Crippen LogP contribution >= 0.6 is 0 Å². The Bertz CT molecular complexity index is 1810. The molecule has 0 amide bonds. The van der Waals surface area contributed by atoms with Crippen LogP contribution in [0.25, 0.3) is 49.7 Å². The largest absolute Gasteiger partial charge is 0.309 e. The quantitative estimate of drug-likeness (QED) is 0.218. The van der Waals surface area contributed by atoms with Crippen LogP contribution in [0.3, 0.4) is 0 Å². The highest BCUT2D eigenvalue weighted by atomic mass is 15.0. The van der Waals surface area contributed by atoms with Gasteiger partial charge in [0.05, 0.1) is 11.0 Å². The van der Waals surface area contributed by atoms with Crippen molar-refractivity contribution in [1.82, 2.24) is 4.57 Å². The minimum Gasteiger partial charge on any atom is -0.309 e. The van der Waals surface area contributed by atoms with Crippen molar-refractivity contribution < 1.29 is 0 Å². The van der Waals surface area contributed by atoms with E-state index in [0.29, 0.717) is 0 Å². The first-order valence-corrected chi connectivity index (χ1v) is 14.4. The van der Waals surface area contributed by atoms with Crippen LogP contribution in [0, 0.1) is 6.92 Å². The van der Waals surface area contributed by atoms with Gasteiger partial charge in [-0.05, 0) is 81.0 Å². The highest BCUT2D eigenvalue weighted by Crippen LogP contribution is 2.43. The lowest BCUT2D eigenvalue weighted by molar-refractivity contribution is 0.568. The smallest absolute Gasteiger partial charge is 0.0547 e. The van der Waals surface area contributed by atoms with Gasteiger partial charge >= 0.3 is 0 Å². The van der Waals surface area contributed by atoms with E-state index in [4.69, 9.17) is 0 Å². The number of aromatic nitrogens is 1. The van der Waals surface area contributed by atoms with Gasteiger partial charge in [0.15, 0.2) is 0 Å². The van der Waals surface area contributed by atoms with Gasteiger partial charge in [-0.15, -0.1) is 0 Å². The highest BCUT2D eigenvalue weighted by molar-refractivity contribution is 6.18. The standard InChI is InChI=1S/C39H39N/c1-26-32(27-15-10-8-11-16-27)21-22-35-36(26)37-33(28-17-12-9-13-18-28)19-14-20-34(37)40(35)31-24-29(38(2,3)4)23-30(25-31)39(5,6)7/h8-25H,1-7H3. The maximum Gasteiger partial charge on any atom is 0.0547 e. The van der Waals surface area contributed by atoms with Crippen molar-refractivity contribution in [3.63, 3.8) is 0 Å². The Morgan fingerprint density at radius 3 is 1.55 bits per heavy atom. The summed E-state index contributed by atoms with van der Waals surface area (Å²) in [4.78, 5) is 0. The lowest BCUT2D eigenvalue weighted by atomic mass is 9.80. The molecule has 6 rings (SSSR count). The SMILES string of the molecule is Cc1c(-c2ccccc2)ccc2c1c1c(-c3ccccc3)cccc1n2-c1cc(C(C)(C)C)cc(C(C)(C)C)c1. The normalized spacial score (nSPS) is 12.4. The molecule has 0 fully saturated rings. The summed E-state index contributed by atoms with van der Waals surface area (Å²) in [6.07, 6.45) is 0. The van der Waals surface area contributed by atoms with E-state index in [9.17, 15) is 0 Å². The molecule has 1 heterocycles. The predicted octanol–water partition coefficient (Wildman–Crippen LogP) is 11.0. The van der Waals surface area contributed by atoms with Crippen molar-refractivity contribution in [2.75, 3.05) is 0 Å². The van der Waals surface area contributed by atoms with Crippen molar-refractivity contribution in [2.24, 2.45) is 0 Å². The fourth-order valence-corrected chi connectivity index (χ4v) is 5.99. The van der Waals surface area contributed by atoms with Crippen LogP contribution in [-0.2, 0) is 10.8 Å². The molecule has 0 aliphatic heterocycles. The third-order valence-electron chi connectivity index (χ3n) is 8.29. The minimum absolute atomic E-state index is 0.0420. The van der Waals surface area contributed by atoms with Gasteiger partial charge < -0.3 is 4.57 Å². The number of benzene rings is 5. The lowest BCUT2D eigenvalue weighted by Crippen LogP contribution is -2.17. The minimum atomic E-state index is 0.0420. The number of hydrogen-bond acceptors (Lipinski definition) is 0. The van der Waals surface area contributed by atoms with E-state index in [1.807, 2.05) is 0 Å². The molecule has 0 atom stereocenters. The van der Waals surface area contributed by atoms with Crippen LogP contribution in [0.2, 0.25) is 0 Å². The monoisotopic (exact) mass is 521 g/mol. The van der Waals surface area contributed by atoms with E-state index in [1.165, 1.54) is 66.4 Å². The second-order valence-electron chi connectivity index (χ2n) is 13.2. The first-order chi connectivity index (χ1) is 19.0. The summed E-state index contributed by atoms with van der Waals surface area (Å²) < 4.78 is 2.50. The molecule has 1 nitrogen and oxygen atoms in total. The van der Waals surface area contributed by atoms with Crippen molar-refractivity contribution in [2.45, 2.75) is 59.3 Å². The molecule has 0 bridgehead atoms. The highest BCUT2D eigenvalue weighted by Gasteiger charge is 2.24. The Morgan fingerprint density at radius 1 is 0.475 bits per heavy atom. The summed E-state index contributed by atoms with van der Waals surface area (Å²) in [5.41, 5.74) is 12.9. The van der Waals surface area contributed by atoms with Crippen molar-refractivity contribution >= 4 is 21.8 Å². The van der Waals surface area contributed by atoms with Gasteiger partial charge in [0.2, 0.25) is 0 Å². The molecule has 0 saturated heterocycles. The molecule has 0 aliphatic rings. The average molecular weight is 522 g/mol. The maximum atomic E-state index is 2.50. The van der Waals surface area contributed by atoms with Crippen LogP contribution in [0.15, 0.2) is 109 Å². The van der Waals surface area contributed by atoms with Crippen LogP contribution < -0.4 is 0 Å². The third-order valence-corrected chi connectivity index (χ3v) is 8.29. The van der Waals surface area contributed by atoms with E-state index in [0.717, 1.165) is 0 Å². The second kappa shape index (κ2) is 9.52. The molecule has 0 spiro atoms. The van der Waals surface area contributed by atoms with Gasteiger partial charge in [0.25, 0.3) is 0 Å².